The summed E-state index contributed by atoms with van der Waals surface area (Å²) in [5.41, 5.74) is 2.10. The minimum Gasteiger partial charge on any atom is -0.408 e. The number of nitrogens with zero attached hydrogens (tertiary/aromatic N) is 1. The Morgan fingerprint density at radius 2 is 1.96 bits per heavy atom. The molecular formula is C17H14F2N2O3. The molecule has 124 valence electrons. The maximum absolute atomic E-state index is 13.1. The van der Waals surface area contributed by atoms with Crippen molar-refractivity contribution in [3.63, 3.8) is 0 Å². The van der Waals surface area contributed by atoms with E-state index in [1.165, 1.54) is 10.6 Å². The summed E-state index contributed by atoms with van der Waals surface area (Å²) >= 11 is 0. The minimum absolute atomic E-state index is 0.0541. The van der Waals surface area contributed by atoms with Crippen molar-refractivity contribution < 1.29 is 18.0 Å². The topological polar surface area (TPSA) is 64.2 Å². The van der Waals surface area contributed by atoms with E-state index < -0.39 is 23.3 Å². The number of oxazole rings is 1. The van der Waals surface area contributed by atoms with Gasteiger partial charge in [0.1, 0.15) is 0 Å². The van der Waals surface area contributed by atoms with E-state index in [1.54, 1.807) is 19.2 Å². The molecule has 3 rings (SSSR count). The molecule has 1 heterocycles. The van der Waals surface area contributed by atoms with E-state index in [1.807, 2.05) is 6.07 Å². The first-order valence-electron chi connectivity index (χ1n) is 7.27. The van der Waals surface area contributed by atoms with Crippen LogP contribution < -0.4 is 11.1 Å². The van der Waals surface area contributed by atoms with E-state index in [0.29, 0.717) is 24.1 Å². The average molecular weight is 332 g/mol. The molecule has 0 unspecified atom stereocenters. The van der Waals surface area contributed by atoms with Crippen molar-refractivity contribution in [3.05, 3.63) is 69.7 Å². The molecule has 3 aromatic rings. The van der Waals surface area contributed by atoms with Gasteiger partial charge in [0.15, 0.2) is 17.2 Å². The number of hydrogen-bond donors (Lipinski definition) is 1. The van der Waals surface area contributed by atoms with E-state index >= 15 is 0 Å². The predicted molar refractivity (Wildman–Crippen MR) is 83.9 cm³/mol. The summed E-state index contributed by atoms with van der Waals surface area (Å²) in [7, 11) is 1.62. The number of hydrogen-bond acceptors (Lipinski definition) is 3. The van der Waals surface area contributed by atoms with Crippen LogP contribution in [0.4, 0.5) is 8.78 Å². The normalized spacial score (nSPS) is 11.0. The molecule has 0 saturated heterocycles. The first-order valence-corrected chi connectivity index (χ1v) is 7.27. The molecule has 0 radical (unpaired) electrons. The lowest BCUT2D eigenvalue weighted by Crippen LogP contribution is -2.25. The molecule has 7 heteroatoms. The number of amides is 1. The van der Waals surface area contributed by atoms with Gasteiger partial charge in [0.05, 0.1) is 5.52 Å². The minimum atomic E-state index is -1.06. The third kappa shape index (κ3) is 3.05. The second kappa shape index (κ2) is 6.27. The molecule has 24 heavy (non-hydrogen) atoms. The molecule has 1 N–H and O–H groups in total. The summed E-state index contributed by atoms with van der Waals surface area (Å²) in [5, 5.41) is 2.63. The fraction of sp³-hybridized carbons (Fsp3) is 0.176. The summed E-state index contributed by atoms with van der Waals surface area (Å²) in [6.45, 7) is 0.306. The number of aromatic nitrogens is 1. The zero-order valence-corrected chi connectivity index (χ0v) is 12.8. The SMILES string of the molecule is Cn1c(=O)oc2cc(CCNC(=O)c3ccc(F)c(F)c3)ccc21. The Balaban J connectivity index is 1.64. The first-order chi connectivity index (χ1) is 11.5. The Hall–Kier alpha value is -2.96. The molecule has 0 aliphatic rings. The van der Waals surface area contributed by atoms with Crippen molar-refractivity contribution in [3.8, 4) is 0 Å². The second-order valence-corrected chi connectivity index (χ2v) is 5.36. The van der Waals surface area contributed by atoms with Gasteiger partial charge in [-0.05, 0) is 42.3 Å². The second-order valence-electron chi connectivity index (χ2n) is 5.36. The molecule has 0 aliphatic heterocycles. The third-order valence-electron chi connectivity index (χ3n) is 3.74. The van der Waals surface area contributed by atoms with Crippen molar-refractivity contribution in [2.45, 2.75) is 6.42 Å². The summed E-state index contributed by atoms with van der Waals surface area (Å²) < 4.78 is 32.5. The number of nitrogens with one attached hydrogen (secondary N) is 1. The van der Waals surface area contributed by atoms with Crippen LogP contribution in [0.1, 0.15) is 15.9 Å². The van der Waals surface area contributed by atoms with Crippen LogP contribution in [0.5, 0.6) is 0 Å². The van der Waals surface area contributed by atoms with Crippen LogP contribution in [0.25, 0.3) is 11.1 Å². The van der Waals surface area contributed by atoms with E-state index in [-0.39, 0.29) is 5.56 Å². The summed E-state index contributed by atoms with van der Waals surface area (Å²) in [6.07, 6.45) is 0.504. The lowest BCUT2D eigenvalue weighted by atomic mass is 10.1. The highest BCUT2D eigenvalue weighted by Crippen LogP contribution is 2.14. The third-order valence-corrected chi connectivity index (χ3v) is 3.74. The number of rotatable bonds is 4. The van der Waals surface area contributed by atoms with Gasteiger partial charge in [0.2, 0.25) is 0 Å². The average Bonchev–Trinajstić information content (AvgIpc) is 2.84. The van der Waals surface area contributed by atoms with E-state index in [9.17, 15) is 18.4 Å². The number of carbonyl (C=O) groups excluding carboxylic acids is 1. The first kappa shape index (κ1) is 15.9. The van der Waals surface area contributed by atoms with Crippen LogP contribution in [0, 0.1) is 11.6 Å². The van der Waals surface area contributed by atoms with E-state index in [0.717, 1.165) is 17.7 Å². The predicted octanol–water partition coefficient (Wildman–Crippen LogP) is 2.38. The Kier molecular flexibility index (Phi) is 4.16. The quantitative estimate of drug-likeness (QED) is 0.798. The lowest BCUT2D eigenvalue weighted by Gasteiger charge is -2.06. The Morgan fingerprint density at radius 3 is 2.71 bits per heavy atom. The van der Waals surface area contributed by atoms with E-state index in [2.05, 4.69) is 5.32 Å². The Morgan fingerprint density at radius 1 is 1.17 bits per heavy atom. The molecule has 5 nitrogen and oxygen atoms in total. The maximum atomic E-state index is 13.1. The van der Waals surface area contributed by atoms with Gasteiger partial charge in [-0.3, -0.25) is 9.36 Å². The molecule has 0 spiro atoms. The molecular weight excluding hydrogens is 318 g/mol. The highest BCUT2D eigenvalue weighted by Gasteiger charge is 2.10. The largest absolute Gasteiger partial charge is 0.419 e. The van der Waals surface area contributed by atoms with Crippen molar-refractivity contribution in [1.82, 2.24) is 9.88 Å². The van der Waals surface area contributed by atoms with Crippen LogP contribution in [0.3, 0.4) is 0 Å². The van der Waals surface area contributed by atoms with Gasteiger partial charge < -0.3 is 9.73 Å². The molecule has 1 aromatic heterocycles. The van der Waals surface area contributed by atoms with Crippen molar-refractivity contribution in [2.24, 2.45) is 7.05 Å². The molecule has 0 saturated carbocycles. The molecule has 1 amide bonds. The number of fused-ring (bicyclic) bond motifs is 1. The fourth-order valence-corrected chi connectivity index (χ4v) is 2.39. The Labute approximate surface area is 135 Å². The zero-order valence-electron chi connectivity index (χ0n) is 12.8. The Bertz CT molecular complexity index is 976. The number of aryl methyl sites for hydroxylation is 1. The van der Waals surface area contributed by atoms with Crippen molar-refractivity contribution in [1.29, 1.82) is 0 Å². The zero-order chi connectivity index (χ0) is 17.3. The molecule has 0 fully saturated rings. The van der Waals surface area contributed by atoms with Crippen molar-refractivity contribution >= 4 is 17.0 Å². The van der Waals surface area contributed by atoms with Crippen molar-refractivity contribution in [2.75, 3.05) is 6.54 Å². The molecule has 0 bridgehead atoms. The summed E-state index contributed by atoms with van der Waals surface area (Å²) in [6, 6.07) is 8.33. The van der Waals surface area contributed by atoms with Gasteiger partial charge >= 0.3 is 5.76 Å². The number of carbonyl (C=O) groups is 1. The monoisotopic (exact) mass is 332 g/mol. The summed E-state index contributed by atoms with van der Waals surface area (Å²) in [4.78, 5) is 23.3. The van der Waals surface area contributed by atoms with Gasteiger partial charge in [-0.1, -0.05) is 6.07 Å². The fourth-order valence-electron chi connectivity index (χ4n) is 2.39. The van der Waals surface area contributed by atoms with Crippen LogP contribution in [0.15, 0.2) is 45.6 Å². The van der Waals surface area contributed by atoms with Gasteiger partial charge in [-0.25, -0.2) is 13.6 Å². The van der Waals surface area contributed by atoms with Gasteiger partial charge in [-0.2, -0.15) is 0 Å². The standard InChI is InChI=1S/C17H14F2N2O3/c1-21-14-5-2-10(8-15(14)24-17(21)23)6-7-20-16(22)11-3-4-12(18)13(19)9-11/h2-5,8-9H,6-7H2,1H3,(H,20,22). The highest BCUT2D eigenvalue weighted by atomic mass is 19.2. The van der Waals surface area contributed by atoms with Crippen LogP contribution in [-0.2, 0) is 13.5 Å². The van der Waals surface area contributed by atoms with Crippen LogP contribution in [-0.4, -0.2) is 17.0 Å². The summed E-state index contributed by atoms with van der Waals surface area (Å²) in [5.74, 6) is -2.98. The molecule has 2 aromatic carbocycles. The highest BCUT2D eigenvalue weighted by molar-refractivity contribution is 5.94. The maximum Gasteiger partial charge on any atom is 0.419 e. The van der Waals surface area contributed by atoms with E-state index in [4.69, 9.17) is 4.42 Å². The lowest BCUT2D eigenvalue weighted by molar-refractivity contribution is 0.0953. The smallest absolute Gasteiger partial charge is 0.408 e. The van der Waals surface area contributed by atoms with Gasteiger partial charge in [-0.15, -0.1) is 0 Å². The molecule has 0 atom stereocenters. The van der Waals surface area contributed by atoms with Crippen LogP contribution in [0.2, 0.25) is 0 Å². The van der Waals surface area contributed by atoms with Gasteiger partial charge in [0, 0.05) is 19.2 Å². The molecule has 0 aliphatic carbocycles. The number of benzene rings is 2. The number of halogens is 2. The van der Waals surface area contributed by atoms with Crippen LogP contribution >= 0.6 is 0 Å². The van der Waals surface area contributed by atoms with Gasteiger partial charge in [0.25, 0.3) is 5.91 Å².